The van der Waals surface area contributed by atoms with Crippen LogP contribution in [0.2, 0.25) is 0 Å². The number of aromatic nitrogens is 2. The standard InChI is InChI=1S/C15H16FN3OS/c1-10-19(7-8-21-10)15(20)14-9-13(17-18(14)2)11-3-5-12(16)6-4-11/h3-6,9-10H,7-8H2,1-2H3. The fraction of sp³-hybridized carbons (Fsp3) is 0.333. The second kappa shape index (κ2) is 5.52. The number of thioether (sulfide) groups is 1. The number of carbonyl (C=O) groups excluding carboxylic acids is 1. The number of aryl methyl sites for hydroxylation is 1. The van der Waals surface area contributed by atoms with Crippen LogP contribution in [0.5, 0.6) is 0 Å². The molecule has 2 heterocycles. The maximum atomic E-state index is 13.0. The molecule has 21 heavy (non-hydrogen) atoms. The van der Waals surface area contributed by atoms with Crippen LogP contribution >= 0.6 is 11.8 Å². The lowest BCUT2D eigenvalue weighted by atomic mass is 10.1. The van der Waals surface area contributed by atoms with E-state index >= 15 is 0 Å². The number of hydrogen-bond donors (Lipinski definition) is 0. The Morgan fingerprint density at radius 3 is 2.71 bits per heavy atom. The average molecular weight is 305 g/mol. The Labute approximate surface area is 126 Å². The van der Waals surface area contributed by atoms with Crippen LogP contribution in [0.15, 0.2) is 30.3 Å². The van der Waals surface area contributed by atoms with E-state index in [2.05, 4.69) is 5.10 Å². The lowest BCUT2D eigenvalue weighted by Crippen LogP contribution is -2.34. The van der Waals surface area contributed by atoms with Crippen molar-refractivity contribution in [2.75, 3.05) is 12.3 Å². The molecule has 6 heteroatoms. The van der Waals surface area contributed by atoms with E-state index in [0.717, 1.165) is 17.9 Å². The molecular formula is C15H16FN3OS. The molecule has 2 aromatic rings. The van der Waals surface area contributed by atoms with Crippen molar-refractivity contribution >= 4 is 17.7 Å². The van der Waals surface area contributed by atoms with Crippen molar-refractivity contribution in [2.45, 2.75) is 12.3 Å². The number of hydrogen-bond acceptors (Lipinski definition) is 3. The molecule has 0 aliphatic carbocycles. The molecule has 1 fully saturated rings. The predicted molar refractivity (Wildman–Crippen MR) is 81.6 cm³/mol. The van der Waals surface area contributed by atoms with Gasteiger partial charge in [-0.1, -0.05) is 0 Å². The molecular weight excluding hydrogens is 289 g/mol. The summed E-state index contributed by atoms with van der Waals surface area (Å²) in [4.78, 5) is 14.4. The first kappa shape index (κ1) is 14.1. The first-order valence-corrected chi connectivity index (χ1v) is 7.83. The third kappa shape index (κ3) is 2.68. The molecule has 1 aromatic carbocycles. The SMILES string of the molecule is CC1SCCN1C(=O)c1cc(-c2ccc(F)cc2)nn1C. The Bertz CT molecular complexity index is 668. The highest BCUT2D eigenvalue weighted by Crippen LogP contribution is 2.26. The third-order valence-corrected chi connectivity index (χ3v) is 4.79. The van der Waals surface area contributed by atoms with E-state index in [9.17, 15) is 9.18 Å². The van der Waals surface area contributed by atoms with Crippen molar-refractivity contribution in [1.82, 2.24) is 14.7 Å². The summed E-state index contributed by atoms with van der Waals surface area (Å²) in [5, 5.41) is 4.56. The molecule has 4 nitrogen and oxygen atoms in total. The molecule has 1 unspecified atom stereocenters. The van der Waals surface area contributed by atoms with E-state index in [1.165, 1.54) is 12.1 Å². The zero-order valence-electron chi connectivity index (χ0n) is 11.9. The van der Waals surface area contributed by atoms with Crippen molar-refractivity contribution < 1.29 is 9.18 Å². The summed E-state index contributed by atoms with van der Waals surface area (Å²) >= 11 is 1.77. The summed E-state index contributed by atoms with van der Waals surface area (Å²) in [6.07, 6.45) is 0. The molecule has 0 radical (unpaired) electrons. The van der Waals surface area contributed by atoms with Gasteiger partial charge in [-0.25, -0.2) is 4.39 Å². The van der Waals surface area contributed by atoms with Gasteiger partial charge in [-0.05, 0) is 37.3 Å². The van der Waals surface area contributed by atoms with Crippen LogP contribution in [-0.2, 0) is 7.05 Å². The van der Waals surface area contributed by atoms with Crippen LogP contribution < -0.4 is 0 Å². The van der Waals surface area contributed by atoms with Gasteiger partial charge in [0.2, 0.25) is 0 Å². The minimum atomic E-state index is -0.283. The number of rotatable bonds is 2. The largest absolute Gasteiger partial charge is 0.325 e. The van der Waals surface area contributed by atoms with Gasteiger partial charge in [0, 0.05) is 24.9 Å². The number of amides is 1. The van der Waals surface area contributed by atoms with E-state index in [1.54, 1.807) is 41.7 Å². The van der Waals surface area contributed by atoms with Crippen molar-refractivity contribution in [3.05, 3.63) is 41.8 Å². The van der Waals surface area contributed by atoms with Crippen LogP contribution in [0, 0.1) is 5.82 Å². The zero-order chi connectivity index (χ0) is 15.0. The Morgan fingerprint density at radius 1 is 1.38 bits per heavy atom. The average Bonchev–Trinajstić information content (AvgIpc) is 3.05. The zero-order valence-corrected chi connectivity index (χ0v) is 12.7. The van der Waals surface area contributed by atoms with Gasteiger partial charge >= 0.3 is 0 Å². The molecule has 1 aromatic heterocycles. The van der Waals surface area contributed by atoms with Crippen molar-refractivity contribution in [3.63, 3.8) is 0 Å². The highest BCUT2D eigenvalue weighted by molar-refractivity contribution is 8.00. The molecule has 110 valence electrons. The summed E-state index contributed by atoms with van der Waals surface area (Å²) in [5.74, 6) is 0.681. The van der Waals surface area contributed by atoms with Gasteiger partial charge in [-0.15, -0.1) is 11.8 Å². The van der Waals surface area contributed by atoms with Crippen molar-refractivity contribution in [2.24, 2.45) is 7.05 Å². The molecule has 1 aliphatic rings. The fourth-order valence-electron chi connectivity index (χ4n) is 2.44. The Kier molecular flexibility index (Phi) is 3.71. The first-order valence-electron chi connectivity index (χ1n) is 6.79. The van der Waals surface area contributed by atoms with Crippen molar-refractivity contribution in [1.29, 1.82) is 0 Å². The van der Waals surface area contributed by atoms with Crippen molar-refractivity contribution in [3.8, 4) is 11.3 Å². The smallest absolute Gasteiger partial charge is 0.273 e. The molecule has 3 rings (SSSR count). The van der Waals surface area contributed by atoms with E-state index in [4.69, 9.17) is 0 Å². The molecule has 1 aliphatic heterocycles. The first-order chi connectivity index (χ1) is 10.1. The second-order valence-corrected chi connectivity index (χ2v) is 6.44. The normalized spacial score (nSPS) is 18.2. The lowest BCUT2D eigenvalue weighted by Gasteiger charge is -2.20. The predicted octanol–water partition coefficient (Wildman–Crippen LogP) is 2.76. The maximum Gasteiger partial charge on any atom is 0.273 e. The van der Waals surface area contributed by atoms with Gasteiger partial charge in [-0.2, -0.15) is 5.10 Å². The van der Waals surface area contributed by atoms with Crippen LogP contribution in [0.4, 0.5) is 4.39 Å². The monoisotopic (exact) mass is 305 g/mol. The highest BCUT2D eigenvalue weighted by atomic mass is 32.2. The topological polar surface area (TPSA) is 38.1 Å². The summed E-state index contributed by atoms with van der Waals surface area (Å²) in [6.45, 7) is 2.80. The molecule has 1 amide bonds. The van der Waals surface area contributed by atoms with Gasteiger partial charge in [0.15, 0.2) is 0 Å². The summed E-state index contributed by atoms with van der Waals surface area (Å²) < 4.78 is 14.6. The molecule has 0 spiro atoms. The minimum absolute atomic E-state index is 0.00383. The van der Waals surface area contributed by atoms with E-state index < -0.39 is 0 Å². The number of nitrogens with zero attached hydrogens (tertiary/aromatic N) is 3. The van der Waals surface area contributed by atoms with Gasteiger partial charge in [0.05, 0.1) is 11.1 Å². The third-order valence-electron chi connectivity index (χ3n) is 3.63. The maximum absolute atomic E-state index is 13.0. The van der Waals surface area contributed by atoms with Crippen LogP contribution in [-0.4, -0.2) is 38.3 Å². The summed E-state index contributed by atoms with van der Waals surface area (Å²) in [5.41, 5.74) is 2.04. The quantitative estimate of drug-likeness (QED) is 0.856. The lowest BCUT2D eigenvalue weighted by molar-refractivity contribution is 0.0757. The number of carbonyl (C=O) groups is 1. The van der Waals surface area contributed by atoms with Gasteiger partial charge in [0.25, 0.3) is 5.91 Å². The number of halogens is 1. The minimum Gasteiger partial charge on any atom is -0.325 e. The molecule has 0 N–H and O–H groups in total. The Balaban J connectivity index is 1.91. The summed E-state index contributed by atoms with van der Waals surface area (Å²) in [6, 6.07) is 7.89. The Morgan fingerprint density at radius 2 is 2.10 bits per heavy atom. The molecule has 0 bridgehead atoms. The second-order valence-electron chi connectivity index (χ2n) is 5.01. The van der Waals surface area contributed by atoms with Crippen LogP contribution in [0.25, 0.3) is 11.3 Å². The fourth-order valence-corrected chi connectivity index (χ4v) is 3.46. The molecule has 1 saturated heterocycles. The number of benzene rings is 1. The van der Waals surface area contributed by atoms with Crippen LogP contribution in [0.3, 0.4) is 0 Å². The van der Waals surface area contributed by atoms with Crippen LogP contribution in [0.1, 0.15) is 17.4 Å². The van der Waals surface area contributed by atoms with E-state index in [1.807, 2.05) is 11.8 Å². The molecule has 0 saturated carbocycles. The van der Waals surface area contributed by atoms with Gasteiger partial charge in [0.1, 0.15) is 11.5 Å². The van der Waals surface area contributed by atoms with Gasteiger partial charge in [-0.3, -0.25) is 9.48 Å². The van der Waals surface area contributed by atoms with Gasteiger partial charge < -0.3 is 4.90 Å². The van der Waals surface area contributed by atoms with E-state index in [0.29, 0.717) is 11.4 Å². The highest BCUT2D eigenvalue weighted by Gasteiger charge is 2.28. The summed E-state index contributed by atoms with van der Waals surface area (Å²) in [7, 11) is 1.76. The molecule has 1 atom stereocenters. The van der Waals surface area contributed by atoms with E-state index in [-0.39, 0.29) is 17.1 Å². The Hall–Kier alpha value is -1.82.